The van der Waals surface area contributed by atoms with Crippen LogP contribution in [0.3, 0.4) is 0 Å². The van der Waals surface area contributed by atoms with Crippen LogP contribution >= 0.6 is 0 Å². The zero-order valence-corrected chi connectivity index (χ0v) is 16.1. The third-order valence-corrected chi connectivity index (χ3v) is 5.04. The van der Waals surface area contributed by atoms with Crippen LogP contribution in [0.1, 0.15) is 12.5 Å². The van der Waals surface area contributed by atoms with Crippen LogP contribution in [-0.4, -0.2) is 38.1 Å². The summed E-state index contributed by atoms with van der Waals surface area (Å²) in [4.78, 5) is 28.7. The average Bonchev–Trinajstić information content (AvgIpc) is 3.31. The van der Waals surface area contributed by atoms with E-state index in [1.54, 1.807) is 17.9 Å². The van der Waals surface area contributed by atoms with E-state index in [1.165, 1.54) is 17.2 Å². The third kappa shape index (κ3) is 3.18. The van der Waals surface area contributed by atoms with Gasteiger partial charge in [0.1, 0.15) is 0 Å². The van der Waals surface area contributed by atoms with E-state index < -0.39 is 0 Å². The number of nitrogens with zero attached hydrogens (tertiary/aromatic N) is 4. The van der Waals surface area contributed by atoms with Crippen molar-refractivity contribution in [3.63, 3.8) is 0 Å². The monoisotopic (exact) mass is 385 g/mol. The molecule has 1 aromatic carbocycles. The van der Waals surface area contributed by atoms with Crippen molar-refractivity contribution in [3.8, 4) is 11.5 Å². The number of nitrogens with one attached hydrogen (secondary N) is 1. The molecule has 0 amide bonds. The molecule has 3 aromatic rings. The fourth-order valence-electron chi connectivity index (χ4n) is 3.49. The Bertz CT molecular complexity index is 1140. The third-order valence-electron chi connectivity index (χ3n) is 5.04. The summed E-state index contributed by atoms with van der Waals surface area (Å²) in [5, 5.41) is 3.46. The van der Waals surface area contributed by atoms with E-state index in [0.29, 0.717) is 24.3 Å². The van der Waals surface area contributed by atoms with Crippen molar-refractivity contribution >= 4 is 11.2 Å². The van der Waals surface area contributed by atoms with E-state index in [9.17, 15) is 9.59 Å². The van der Waals surface area contributed by atoms with Gasteiger partial charge in [-0.2, -0.15) is 0 Å². The number of imidazole rings is 1. The number of rotatable bonds is 6. The Kier molecular flexibility index (Phi) is 4.68. The highest BCUT2D eigenvalue weighted by molar-refractivity contribution is 5.69. The quantitative estimate of drug-likeness (QED) is 0.660. The molecule has 9 nitrogen and oxygen atoms in total. The summed E-state index contributed by atoms with van der Waals surface area (Å²) >= 11 is 0. The summed E-state index contributed by atoms with van der Waals surface area (Å²) in [6.07, 6.45) is 2.45. The summed E-state index contributed by atoms with van der Waals surface area (Å²) in [6.45, 7) is 3.63. The van der Waals surface area contributed by atoms with Crippen LogP contribution in [-0.2, 0) is 27.1 Å². The van der Waals surface area contributed by atoms with E-state index in [1.807, 2.05) is 18.2 Å². The molecule has 4 rings (SSSR count). The molecular formula is C19H23N5O4. The summed E-state index contributed by atoms with van der Waals surface area (Å²) in [7, 11) is 3.10. The number of aryl methyl sites for hydroxylation is 1. The lowest BCUT2D eigenvalue weighted by molar-refractivity contribution is 0.174. The van der Waals surface area contributed by atoms with E-state index in [-0.39, 0.29) is 24.1 Å². The molecule has 0 aliphatic carbocycles. The van der Waals surface area contributed by atoms with E-state index in [0.717, 1.165) is 22.5 Å². The second kappa shape index (κ2) is 7.16. The molecule has 0 saturated carbocycles. The van der Waals surface area contributed by atoms with Gasteiger partial charge in [0, 0.05) is 33.2 Å². The van der Waals surface area contributed by atoms with Gasteiger partial charge in [-0.05, 0) is 31.0 Å². The lowest BCUT2D eigenvalue weighted by atomic mass is 10.1. The van der Waals surface area contributed by atoms with Crippen molar-refractivity contribution in [1.82, 2.24) is 24.0 Å². The van der Waals surface area contributed by atoms with Crippen LogP contribution in [0.2, 0.25) is 0 Å². The van der Waals surface area contributed by atoms with Crippen LogP contribution in [0.25, 0.3) is 11.2 Å². The standard InChI is InChI=1S/C19H23N5O4/c1-12(8-13-4-5-14-15(9-13)28-11-27-14)20-6-7-24-10-21-17-16(24)18(25)23(3)19(26)22(17)2/h4-5,9-10,12,20H,6-8,11H2,1-3H3. The van der Waals surface area contributed by atoms with Gasteiger partial charge in [-0.1, -0.05) is 6.07 Å². The van der Waals surface area contributed by atoms with Gasteiger partial charge in [0.2, 0.25) is 6.79 Å². The number of fused-ring (bicyclic) bond motifs is 2. The van der Waals surface area contributed by atoms with Crippen LogP contribution in [0.4, 0.5) is 0 Å². The van der Waals surface area contributed by atoms with Crippen molar-refractivity contribution < 1.29 is 9.47 Å². The van der Waals surface area contributed by atoms with Gasteiger partial charge in [-0.3, -0.25) is 13.9 Å². The molecule has 1 aliphatic rings. The lowest BCUT2D eigenvalue weighted by Crippen LogP contribution is -2.38. The molecule has 1 aliphatic heterocycles. The molecule has 0 saturated heterocycles. The Labute approximate surface area is 161 Å². The van der Waals surface area contributed by atoms with Gasteiger partial charge in [-0.15, -0.1) is 0 Å². The smallest absolute Gasteiger partial charge is 0.332 e. The van der Waals surface area contributed by atoms with Crippen molar-refractivity contribution in [2.75, 3.05) is 13.3 Å². The van der Waals surface area contributed by atoms with Crippen molar-refractivity contribution in [2.45, 2.75) is 25.9 Å². The first-order chi connectivity index (χ1) is 13.5. The van der Waals surface area contributed by atoms with Gasteiger partial charge in [0.05, 0.1) is 6.33 Å². The summed E-state index contributed by atoms with van der Waals surface area (Å²) in [5.41, 5.74) is 1.31. The van der Waals surface area contributed by atoms with Gasteiger partial charge >= 0.3 is 5.69 Å². The van der Waals surface area contributed by atoms with Gasteiger partial charge in [-0.25, -0.2) is 9.78 Å². The Hall–Kier alpha value is -3.07. The molecule has 1 N–H and O–H groups in total. The molecule has 3 heterocycles. The normalized spacial score (nSPS) is 14.0. The van der Waals surface area contributed by atoms with Gasteiger partial charge < -0.3 is 19.4 Å². The van der Waals surface area contributed by atoms with E-state index >= 15 is 0 Å². The summed E-state index contributed by atoms with van der Waals surface area (Å²) in [5.74, 6) is 1.57. The van der Waals surface area contributed by atoms with Crippen LogP contribution in [0.15, 0.2) is 34.1 Å². The van der Waals surface area contributed by atoms with Crippen molar-refractivity contribution in [3.05, 3.63) is 50.9 Å². The number of benzene rings is 1. The second-order valence-corrected chi connectivity index (χ2v) is 7.06. The molecule has 2 aromatic heterocycles. The summed E-state index contributed by atoms with van der Waals surface area (Å²) in [6, 6.07) is 6.22. The van der Waals surface area contributed by atoms with Crippen molar-refractivity contribution in [1.29, 1.82) is 0 Å². The first-order valence-electron chi connectivity index (χ1n) is 9.18. The number of hydrogen-bond acceptors (Lipinski definition) is 6. The molecule has 28 heavy (non-hydrogen) atoms. The van der Waals surface area contributed by atoms with Crippen molar-refractivity contribution in [2.24, 2.45) is 14.1 Å². The minimum absolute atomic E-state index is 0.238. The molecule has 1 unspecified atom stereocenters. The molecule has 1 atom stereocenters. The van der Waals surface area contributed by atoms with Crippen LogP contribution < -0.4 is 26.0 Å². The fraction of sp³-hybridized carbons (Fsp3) is 0.421. The van der Waals surface area contributed by atoms with Crippen LogP contribution in [0, 0.1) is 0 Å². The number of ether oxygens (including phenoxy) is 2. The van der Waals surface area contributed by atoms with Gasteiger partial charge in [0.25, 0.3) is 5.56 Å². The Morgan fingerprint density at radius 1 is 1.18 bits per heavy atom. The first-order valence-corrected chi connectivity index (χ1v) is 9.18. The maximum absolute atomic E-state index is 12.5. The topological polar surface area (TPSA) is 92.3 Å². The molecule has 0 radical (unpaired) electrons. The summed E-state index contributed by atoms with van der Waals surface area (Å²) < 4.78 is 15.0. The van der Waals surface area contributed by atoms with E-state index in [2.05, 4.69) is 17.2 Å². The Morgan fingerprint density at radius 3 is 2.79 bits per heavy atom. The maximum Gasteiger partial charge on any atom is 0.332 e. The second-order valence-electron chi connectivity index (χ2n) is 7.06. The highest BCUT2D eigenvalue weighted by Crippen LogP contribution is 2.32. The molecule has 9 heteroatoms. The predicted octanol–water partition coefficient (Wildman–Crippen LogP) is 0.383. The predicted molar refractivity (Wildman–Crippen MR) is 104 cm³/mol. The molecular weight excluding hydrogens is 362 g/mol. The SMILES string of the molecule is CC(Cc1ccc2c(c1)OCO2)NCCn1cnc2c1c(=O)n(C)c(=O)n2C. The highest BCUT2D eigenvalue weighted by Gasteiger charge is 2.15. The minimum atomic E-state index is -0.377. The molecule has 0 bridgehead atoms. The maximum atomic E-state index is 12.5. The fourth-order valence-corrected chi connectivity index (χ4v) is 3.49. The minimum Gasteiger partial charge on any atom is -0.454 e. The molecule has 0 spiro atoms. The average molecular weight is 385 g/mol. The van der Waals surface area contributed by atoms with Crippen LogP contribution in [0.5, 0.6) is 11.5 Å². The van der Waals surface area contributed by atoms with E-state index in [4.69, 9.17) is 9.47 Å². The Balaban J connectivity index is 1.41. The first kappa shape index (κ1) is 18.3. The molecule has 148 valence electrons. The highest BCUT2D eigenvalue weighted by atomic mass is 16.7. The zero-order valence-electron chi connectivity index (χ0n) is 16.1. The lowest BCUT2D eigenvalue weighted by Gasteiger charge is -2.15. The number of aromatic nitrogens is 4. The Morgan fingerprint density at radius 2 is 1.96 bits per heavy atom. The molecule has 0 fully saturated rings. The van der Waals surface area contributed by atoms with Gasteiger partial charge in [0.15, 0.2) is 22.7 Å². The number of hydrogen-bond donors (Lipinski definition) is 1. The zero-order chi connectivity index (χ0) is 19.8. The largest absolute Gasteiger partial charge is 0.454 e.